The van der Waals surface area contributed by atoms with Gasteiger partial charge in [0.15, 0.2) is 0 Å². The summed E-state index contributed by atoms with van der Waals surface area (Å²) in [7, 11) is 0. The molecule has 2 fully saturated rings. The molecule has 0 aliphatic carbocycles. The fourth-order valence-electron chi connectivity index (χ4n) is 3.29. The predicted molar refractivity (Wildman–Crippen MR) is 78.2 cm³/mol. The Morgan fingerprint density at radius 1 is 1.32 bits per heavy atom. The average molecular weight is 301 g/mol. The summed E-state index contributed by atoms with van der Waals surface area (Å²) in [5.41, 5.74) is 2.40. The van der Waals surface area contributed by atoms with Gasteiger partial charge in [-0.25, -0.2) is 9.97 Å². The topological polar surface area (TPSA) is 78.9 Å². The van der Waals surface area contributed by atoms with Crippen LogP contribution in [0.15, 0.2) is 18.2 Å². The van der Waals surface area contributed by atoms with Crippen molar-refractivity contribution < 1.29 is 9.18 Å². The summed E-state index contributed by atoms with van der Waals surface area (Å²) in [6.45, 7) is 2.06. The number of aryl methyl sites for hydroxylation is 1. The van der Waals surface area contributed by atoms with Crippen LogP contribution in [-0.2, 0) is 4.79 Å². The zero-order chi connectivity index (χ0) is 15.3. The van der Waals surface area contributed by atoms with Crippen molar-refractivity contribution in [2.45, 2.75) is 25.6 Å². The lowest BCUT2D eigenvalue weighted by Gasteiger charge is -2.26. The smallest absolute Gasteiger partial charge is 0.234 e. The number of carbonyl (C=O) groups is 1. The Labute approximate surface area is 126 Å². The molecule has 1 aromatic carbocycles. The highest BCUT2D eigenvalue weighted by atomic mass is 19.1. The summed E-state index contributed by atoms with van der Waals surface area (Å²) >= 11 is 0. The number of halogens is 1. The third-order valence-corrected chi connectivity index (χ3v) is 4.41. The van der Waals surface area contributed by atoms with E-state index < -0.39 is 5.95 Å². The van der Waals surface area contributed by atoms with Crippen molar-refractivity contribution in [2.75, 3.05) is 6.67 Å². The van der Waals surface area contributed by atoms with Gasteiger partial charge in [-0.3, -0.25) is 15.4 Å². The van der Waals surface area contributed by atoms with Gasteiger partial charge in [-0.15, -0.1) is 0 Å². The molecular formula is C15H16FN5O. The molecule has 0 saturated carbocycles. The first-order valence-corrected chi connectivity index (χ1v) is 7.33. The fourth-order valence-corrected chi connectivity index (χ4v) is 3.29. The monoisotopic (exact) mass is 301 g/mol. The highest BCUT2D eigenvalue weighted by molar-refractivity contribution is 5.82. The van der Waals surface area contributed by atoms with Crippen LogP contribution in [0.3, 0.4) is 0 Å². The lowest BCUT2D eigenvalue weighted by Crippen LogP contribution is -2.56. The van der Waals surface area contributed by atoms with Gasteiger partial charge < -0.3 is 5.32 Å². The van der Waals surface area contributed by atoms with Crippen molar-refractivity contribution in [1.82, 2.24) is 25.9 Å². The molecule has 0 radical (unpaired) electrons. The second-order valence-electron chi connectivity index (χ2n) is 5.78. The van der Waals surface area contributed by atoms with Gasteiger partial charge in [0.05, 0.1) is 35.5 Å². The molecule has 3 heterocycles. The standard InChI is InChI=1S/C15H16FN5O/c1-7-13(16)21-12-8(3-2-4-10(12)19-7)11-5-9-14(20-11)17-6-18-15(9)22/h2-4,9,11,14,17,20H,5-6H2,1H3,(H,18,22). The Balaban J connectivity index is 1.75. The van der Waals surface area contributed by atoms with Crippen LogP contribution in [0, 0.1) is 18.8 Å². The van der Waals surface area contributed by atoms with E-state index in [2.05, 4.69) is 25.9 Å². The van der Waals surface area contributed by atoms with Gasteiger partial charge in [0.1, 0.15) is 0 Å². The molecule has 2 aliphatic heterocycles. The SMILES string of the molecule is Cc1nc2cccc(C3CC4C(=O)NCNC4N3)c2nc1F. The molecule has 6 nitrogen and oxygen atoms in total. The van der Waals surface area contributed by atoms with Crippen LogP contribution in [0.1, 0.15) is 23.7 Å². The molecule has 3 N–H and O–H groups in total. The van der Waals surface area contributed by atoms with Crippen LogP contribution in [0.5, 0.6) is 0 Å². The molecule has 3 unspecified atom stereocenters. The van der Waals surface area contributed by atoms with Crippen LogP contribution in [-0.4, -0.2) is 28.7 Å². The van der Waals surface area contributed by atoms with E-state index in [0.29, 0.717) is 29.8 Å². The summed E-state index contributed by atoms with van der Waals surface area (Å²) in [4.78, 5) is 20.3. The van der Waals surface area contributed by atoms with Gasteiger partial charge in [0.25, 0.3) is 0 Å². The Kier molecular flexibility index (Phi) is 3.05. The third-order valence-electron chi connectivity index (χ3n) is 4.41. The molecule has 3 atom stereocenters. The molecule has 4 rings (SSSR count). The Morgan fingerprint density at radius 2 is 2.18 bits per heavy atom. The van der Waals surface area contributed by atoms with Crippen molar-refractivity contribution >= 4 is 16.9 Å². The number of nitrogens with one attached hydrogen (secondary N) is 3. The summed E-state index contributed by atoms with van der Waals surface area (Å²) < 4.78 is 13.8. The number of hydrogen-bond acceptors (Lipinski definition) is 5. The van der Waals surface area contributed by atoms with Crippen LogP contribution in [0.2, 0.25) is 0 Å². The van der Waals surface area contributed by atoms with Gasteiger partial charge in [0.2, 0.25) is 11.9 Å². The van der Waals surface area contributed by atoms with E-state index in [1.165, 1.54) is 0 Å². The number of benzene rings is 1. The normalized spacial score (nSPS) is 27.7. The molecule has 1 amide bonds. The molecule has 0 spiro atoms. The number of nitrogens with zero attached hydrogens (tertiary/aromatic N) is 2. The van der Waals surface area contributed by atoms with Crippen molar-refractivity contribution in [2.24, 2.45) is 5.92 Å². The zero-order valence-corrected chi connectivity index (χ0v) is 12.1. The first-order valence-electron chi connectivity index (χ1n) is 7.33. The maximum atomic E-state index is 13.8. The minimum Gasteiger partial charge on any atom is -0.343 e. The highest BCUT2D eigenvalue weighted by Crippen LogP contribution is 2.34. The van der Waals surface area contributed by atoms with E-state index >= 15 is 0 Å². The number of amides is 1. The van der Waals surface area contributed by atoms with E-state index in [0.717, 1.165) is 5.56 Å². The second-order valence-corrected chi connectivity index (χ2v) is 5.78. The molecule has 2 saturated heterocycles. The van der Waals surface area contributed by atoms with Crippen molar-refractivity contribution in [3.05, 3.63) is 35.4 Å². The number of fused-ring (bicyclic) bond motifs is 2. The molecule has 114 valence electrons. The summed E-state index contributed by atoms with van der Waals surface area (Å²) in [6.07, 6.45) is 0.594. The van der Waals surface area contributed by atoms with Gasteiger partial charge in [-0.2, -0.15) is 4.39 Å². The Hall–Kier alpha value is -2.12. The van der Waals surface area contributed by atoms with Crippen molar-refractivity contribution in [3.8, 4) is 0 Å². The van der Waals surface area contributed by atoms with E-state index in [-0.39, 0.29) is 24.0 Å². The molecule has 1 aromatic heterocycles. The number of rotatable bonds is 1. The van der Waals surface area contributed by atoms with Crippen LogP contribution in [0.25, 0.3) is 11.0 Å². The lowest BCUT2D eigenvalue weighted by atomic mass is 9.96. The maximum Gasteiger partial charge on any atom is 0.234 e. The van der Waals surface area contributed by atoms with E-state index in [4.69, 9.17) is 0 Å². The molecular weight excluding hydrogens is 285 g/mol. The molecule has 2 aliphatic rings. The van der Waals surface area contributed by atoms with Gasteiger partial charge >= 0.3 is 0 Å². The summed E-state index contributed by atoms with van der Waals surface area (Å²) in [5, 5.41) is 9.43. The minimum absolute atomic E-state index is 0.0482. The number of para-hydroxylation sites is 1. The van der Waals surface area contributed by atoms with E-state index in [1.807, 2.05) is 18.2 Å². The van der Waals surface area contributed by atoms with Crippen LogP contribution in [0.4, 0.5) is 4.39 Å². The minimum atomic E-state index is -0.550. The Bertz CT molecular complexity index is 765. The maximum absolute atomic E-state index is 13.8. The second kappa shape index (κ2) is 4.96. The van der Waals surface area contributed by atoms with Crippen molar-refractivity contribution in [3.63, 3.8) is 0 Å². The number of carbonyl (C=O) groups excluding carboxylic acids is 1. The van der Waals surface area contributed by atoms with Gasteiger partial charge in [0, 0.05) is 6.04 Å². The lowest BCUT2D eigenvalue weighted by molar-refractivity contribution is -0.127. The first-order chi connectivity index (χ1) is 10.6. The van der Waals surface area contributed by atoms with Crippen LogP contribution >= 0.6 is 0 Å². The van der Waals surface area contributed by atoms with Crippen molar-refractivity contribution in [1.29, 1.82) is 0 Å². The molecule has 0 bridgehead atoms. The summed E-state index contributed by atoms with van der Waals surface area (Å²) in [5.74, 6) is -0.629. The molecule has 2 aromatic rings. The van der Waals surface area contributed by atoms with Crippen LogP contribution < -0.4 is 16.0 Å². The fraction of sp³-hybridized carbons (Fsp3) is 0.400. The Morgan fingerprint density at radius 3 is 3.00 bits per heavy atom. The summed E-state index contributed by atoms with van der Waals surface area (Å²) in [6, 6.07) is 5.58. The quantitative estimate of drug-likeness (QED) is 0.724. The number of hydrogen-bond donors (Lipinski definition) is 3. The number of aromatic nitrogens is 2. The third kappa shape index (κ3) is 2.05. The van der Waals surface area contributed by atoms with E-state index in [1.54, 1.807) is 6.92 Å². The van der Waals surface area contributed by atoms with E-state index in [9.17, 15) is 9.18 Å². The largest absolute Gasteiger partial charge is 0.343 e. The van der Waals surface area contributed by atoms with Gasteiger partial charge in [-0.1, -0.05) is 12.1 Å². The zero-order valence-electron chi connectivity index (χ0n) is 12.1. The molecule has 22 heavy (non-hydrogen) atoms. The first kappa shape index (κ1) is 13.5. The predicted octanol–water partition coefficient (Wildman–Crippen LogP) is 0.731. The highest BCUT2D eigenvalue weighted by Gasteiger charge is 2.41. The average Bonchev–Trinajstić information content (AvgIpc) is 2.93. The molecule has 7 heteroatoms. The van der Waals surface area contributed by atoms with Gasteiger partial charge in [-0.05, 0) is 25.0 Å².